The fourth-order valence-corrected chi connectivity index (χ4v) is 5.39. The largest absolute Gasteiger partial charge is 0.383 e. The van der Waals surface area contributed by atoms with E-state index < -0.39 is 0 Å². The molecular weight excluding hydrogens is 286 g/mol. The van der Waals surface area contributed by atoms with Crippen molar-refractivity contribution in [3.05, 3.63) is 57.5 Å². The minimum atomic E-state index is 0.206. The van der Waals surface area contributed by atoms with Crippen molar-refractivity contribution >= 4 is 34.9 Å². The second-order valence-corrected chi connectivity index (χ2v) is 7.30. The number of nitrogens with one attached hydrogen (secondary N) is 1. The summed E-state index contributed by atoms with van der Waals surface area (Å²) in [4.78, 5) is 13.8. The second-order valence-electron chi connectivity index (χ2n) is 4.89. The molecule has 0 radical (unpaired) electrons. The maximum atomic E-state index is 12.5. The molecule has 1 N–H and O–H groups in total. The van der Waals surface area contributed by atoms with Gasteiger partial charge in [-0.25, -0.2) is 0 Å². The first kappa shape index (κ1) is 12.4. The summed E-state index contributed by atoms with van der Waals surface area (Å²) in [6.07, 6.45) is 4.95. The van der Waals surface area contributed by atoms with Crippen LogP contribution >= 0.6 is 23.5 Å². The van der Waals surface area contributed by atoms with E-state index in [9.17, 15) is 4.79 Å². The SMILES string of the molecule is O=C1CNC=CC2=C1C1=C(SCC1)Sc1ccccc12. The van der Waals surface area contributed by atoms with Gasteiger partial charge < -0.3 is 5.32 Å². The molecule has 3 aliphatic rings. The maximum Gasteiger partial charge on any atom is 0.182 e. The van der Waals surface area contributed by atoms with Crippen molar-refractivity contribution in [3.63, 3.8) is 0 Å². The number of Topliss-reactive ketones (excluding diaryl/α,β-unsaturated/α-hetero) is 1. The van der Waals surface area contributed by atoms with Gasteiger partial charge in [0.25, 0.3) is 0 Å². The third kappa shape index (κ3) is 1.86. The van der Waals surface area contributed by atoms with E-state index in [0.717, 1.165) is 23.3 Å². The lowest BCUT2D eigenvalue weighted by atomic mass is 9.91. The molecule has 0 bridgehead atoms. The number of hydrogen-bond donors (Lipinski definition) is 1. The van der Waals surface area contributed by atoms with Crippen LogP contribution in [-0.2, 0) is 4.79 Å². The number of benzene rings is 1. The zero-order valence-electron chi connectivity index (χ0n) is 10.8. The normalized spacial score (nSPS) is 20.9. The molecule has 0 aromatic heterocycles. The number of carbonyl (C=O) groups is 1. The second kappa shape index (κ2) is 4.86. The Morgan fingerprint density at radius 3 is 3.05 bits per heavy atom. The fourth-order valence-electron chi connectivity index (χ4n) is 2.80. The fraction of sp³-hybridized carbons (Fsp3) is 0.188. The van der Waals surface area contributed by atoms with E-state index in [1.165, 1.54) is 20.3 Å². The number of carbonyl (C=O) groups excluding carboxylic acids is 1. The highest BCUT2D eigenvalue weighted by molar-refractivity contribution is 8.22. The lowest BCUT2D eigenvalue weighted by Gasteiger charge is -2.11. The van der Waals surface area contributed by atoms with Gasteiger partial charge in [-0.15, -0.1) is 11.8 Å². The van der Waals surface area contributed by atoms with Crippen LogP contribution in [0.25, 0.3) is 5.57 Å². The highest BCUT2D eigenvalue weighted by Gasteiger charge is 2.30. The van der Waals surface area contributed by atoms with Crippen LogP contribution in [0.5, 0.6) is 0 Å². The van der Waals surface area contributed by atoms with Crippen LogP contribution < -0.4 is 5.32 Å². The quantitative estimate of drug-likeness (QED) is 0.793. The van der Waals surface area contributed by atoms with Gasteiger partial charge in [0.1, 0.15) is 0 Å². The standard InChI is InChI=1S/C16H13NOS2/c18-13-9-17-7-5-11-10-3-1-2-4-14(10)20-16-12(15(11)13)6-8-19-16/h1-5,7,17H,6,8-9H2. The molecule has 0 saturated carbocycles. The predicted molar refractivity (Wildman–Crippen MR) is 85.5 cm³/mol. The Bertz CT molecular complexity index is 700. The summed E-state index contributed by atoms with van der Waals surface area (Å²) >= 11 is 3.70. The molecule has 0 aliphatic carbocycles. The van der Waals surface area contributed by atoms with E-state index >= 15 is 0 Å². The molecule has 0 fully saturated rings. The number of fused-ring (bicyclic) bond motifs is 3. The summed E-state index contributed by atoms with van der Waals surface area (Å²) in [5.74, 6) is 1.29. The van der Waals surface area contributed by atoms with Crippen LogP contribution in [0, 0.1) is 0 Å². The van der Waals surface area contributed by atoms with E-state index in [4.69, 9.17) is 0 Å². The van der Waals surface area contributed by atoms with Gasteiger partial charge in [0.05, 0.1) is 6.54 Å². The number of allylic oxidation sites excluding steroid dienone is 3. The van der Waals surface area contributed by atoms with Crippen LogP contribution in [0.15, 0.2) is 56.8 Å². The Kier molecular flexibility index (Phi) is 3.00. The van der Waals surface area contributed by atoms with Crippen molar-refractivity contribution in [1.82, 2.24) is 5.32 Å². The summed E-state index contributed by atoms with van der Waals surface area (Å²) in [7, 11) is 0. The van der Waals surface area contributed by atoms with E-state index in [0.29, 0.717) is 6.54 Å². The average Bonchev–Trinajstić information content (AvgIpc) is 2.75. The highest BCUT2D eigenvalue weighted by atomic mass is 32.2. The molecule has 4 heteroatoms. The Morgan fingerprint density at radius 1 is 1.20 bits per heavy atom. The first-order valence-electron chi connectivity index (χ1n) is 6.65. The topological polar surface area (TPSA) is 29.1 Å². The Labute approximate surface area is 126 Å². The Hall–Kier alpha value is -1.39. The van der Waals surface area contributed by atoms with Crippen LogP contribution in [0.3, 0.4) is 0 Å². The molecule has 1 aromatic carbocycles. The van der Waals surface area contributed by atoms with Gasteiger partial charge in [-0.3, -0.25) is 4.79 Å². The average molecular weight is 299 g/mol. The molecule has 0 saturated heterocycles. The van der Waals surface area contributed by atoms with E-state index in [1.54, 1.807) is 0 Å². The summed E-state index contributed by atoms with van der Waals surface area (Å²) in [5, 5.41) is 3.08. The lowest BCUT2D eigenvalue weighted by molar-refractivity contribution is -0.114. The first-order chi connectivity index (χ1) is 9.84. The van der Waals surface area contributed by atoms with E-state index in [-0.39, 0.29) is 5.78 Å². The molecule has 3 heterocycles. The van der Waals surface area contributed by atoms with Crippen LogP contribution in [0.4, 0.5) is 0 Å². The predicted octanol–water partition coefficient (Wildman–Crippen LogP) is 3.58. The molecule has 4 rings (SSSR count). The Morgan fingerprint density at radius 2 is 2.10 bits per heavy atom. The van der Waals surface area contributed by atoms with Gasteiger partial charge in [0.2, 0.25) is 0 Å². The summed E-state index contributed by atoms with van der Waals surface area (Å²) in [6.45, 7) is 0.392. The minimum absolute atomic E-state index is 0.206. The van der Waals surface area contributed by atoms with Crippen molar-refractivity contribution in [2.45, 2.75) is 11.3 Å². The lowest BCUT2D eigenvalue weighted by Crippen LogP contribution is -2.19. The van der Waals surface area contributed by atoms with Gasteiger partial charge in [0, 0.05) is 20.5 Å². The molecule has 0 amide bonds. The molecule has 0 atom stereocenters. The zero-order valence-corrected chi connectivity index (χ0v) is 12.4. The number of rotatable bonds is 0. The van der Waals surface area contributed by atoms with Crippen LogP contribution in [0.1, 0.15) is 12.0 Å². The molecule has 0 unspecified atom stereocenters. The minimum Gasteiger partial charge on any atom is -0.383 e. The van der Waals surface area contributed by atoms with Gasteiger partial charge in [-0.05, 0) is 41.5 Å². The van der Waals surface area contributed by atoms with Crippen molar-refractivity contribution in [3.8, 4) is 0 Å². The van der Waals surface area contributed by atoms with Crippen molar-refractivity contribution in [1.29, 1.82) is 0 Å². The smallest absolute Gasteiger partial charge is 0.182 e. The van der Waals surface area contributed by atoms with Gasteiger partial charge in [-0.2, -0.15) is 0 Å². The van der Waals surface area contributed by atoms with Gasteiger partial charge in [0.15, 0.2) is 5.78 Å². The van der Waals surface area contributed by atoms with Crippen molar-refractivity contribution in [2.75, 3.05) is 12.3 Å². The molecule has 3 aliphatic heterocycles. The molecule has 0 spiro atoms. The summed E-state index contributed by atoms with van der Waals surface area (Å²) in [5.41, 5.74) is 4.44. The summed E-state index contributed by atoms with van der Waals surface area (Å²) < 4.78 is 1.31. The number of thioether (sulfide) groups is 2. The summed E-state index contributed by atoms with van der Waals surface area (Å²) in [6, 6.07) is 8.38. The van der Waals surface area contributed by atoms with E-state index in [1.807, 2.05) is 35.8 Å². The molecule has 20 heavy (non-hydrogen) atoms. The Balaban J connectivity index is 2.04. The highest BCUT2D eigenvalue weighted by Crippen LogP contribution is 2.51. The van der Waals surface area contributed by atoms with Crippen LogP contribution in [0.2, 0.25) is 0 Å². The molecular formula is C16H13NOS2. The third-order valence-electron chi connectivity index (χ3n) is 3.69. The maximum absolute atomic E-state index is 12.5. The zero-order chi connectivity index (χ0) is 13.5. The monoisotopic (exact) mass is 299 g/mol. The van der Waals surface area contributed by atoms with E-state index in [2.05, 4.69) is 29.6 Å². The van der Waals surface area contributed by atoms with Gasteiger partial charge >= 0.3 is 0 Å². The third-order valence-corrected chi connectivity index (χ3v) is 6.22. The van der Waals surface area contributed by atoms with Crippen molar-refractivity contribution in [2.24, 2.45) is 0 Å². The first-order valence-corrected chi connectivity index (χ1v) is 8.46. The molecule has 2 nitrogen and oxygen atoms in total. The molecule has 1 aromatic rings. The molecule has 100 valence electrons. The number of hydrogen-bond acceptors (Lipinski definition) is 4. The van der Waals surface area contributed by atoms with Crippen molar-refractivity contribution < 1.29 is 4.79 Å². The van der Waals surface area contributed by atoms with Gasteiger partial charge in [-0.1, -0.05) is 30.0 Å². The number of ketones is 1. The van der Waals surface area contributed by atoms with Crippen LogP contribution in [-0.4, -0.2) is 18.1 Å².